The Bertz CT molecular complexity index is 1410. The van der Waals surface area contributed by atoms with E-state index in [0.29, 0.717) is 35.2 Å². The highest BCUT2D eigenvalue weighted by molar-refractivity contribution is 5.95. The highest BCUT2D eigenvalue weighted by Crippen LogP contribution is 2.29. The number of ether oxygens (including phenoxy) is 1. The predicted octanol–water partition coefficient (Wildman–Crippen LogP) is 5.60. The summed E-state index contributed by atoms with van der Waals surface area (Å²) in [5, 5.41) is 10.2. The van der Waals surface area contributed by atoms with Gasteiger partial charge in [-0.3, -0.25) is 9.59 Å². The van der Waals surface area contributed by atoms with Gasteiger partial charge in [0.25, 0.3) is 11.5 Å². The number of anilines is 2. The first-order valence-corrected chi connectivity index (χ1v) is 11.6. The number of hydrogen-bond acceptors (Lipinski definition) is 5. The van der Waals surface area contributed by atoms with Gasteiger partial charge in [-0.15, -0.1) is 0 Å². The van der Waals surface area contributed by atoms with Crippen molar-refractivity contribution in [3.8, 4) is 17.2 Å². The van der Waals surface area contributed by atoms with Crippen LogP contribution in [0.25, 0.3) is 5.69 Å². The molecule has 4 rings (SSSR count). The molecule has 0 atom stereocenters. The Hall–Kier alpha value is -4.46. The maximum absolute atomic E-state index is 13.5. The monoisotopic (exact) mass is 486 g/mol. The quantitative estimate of drug-likeness (QED) is 0.339. The van der Waals surface area contributed by atoms with Crippen LogP contribution >= 0.6 is 0 Å². The van der Waals surface area contributed by atoms with Crippen molar-refractivity contribution in [1.29, 1.82) is 0 Å². The van der Waals surface area contributed by atoms with Crippen molar-refractivity contribution >= 4 is 17.3 Å². The Labute approximate surface area is 208 Å². The summed E-state index contributed by atoms with van der Waals surface area (Å²) in [6, 6.07) is 19.7. The standard InChI is InChI=1S/C28H27FN4O3/c1-18(2)16-30-27(34)20-5-4-6-22(15-20)32-26-25(36-24-13-7-19(3)8-14-24)17-31-33(28(26)35)23-11-9-21(29)10-12-23/h4-15,17-18,32H,16H2,1-3H3,(H,30,34). The van der Waals surface area contributed by atoms with Crippen LogP contribution in [0.4, 0.5) is 15.8 Å². The second-order valence-corrected chi connectivity index (χ2v) is 8.80. The van der Waals surface area contributed by atoms with Crippen LogP contribution in [-0.2, 0) is 0 Å². The summed E-state index contributed by atoms with van der Waals surface area (Å²) < 4.78 is 20.6. The van der Waals surface area contributed by atoms with Gasteiger partial charge in [0.1, 0.15) is 11.6 Å². The van der Waals surface area contributed by atoms with Crippen LogP contribution in [0, 0.1) is 18.7 Å². The number of halogens is 1. The topological polar surface area (TPSA) is 85.2 Å². The molecule has 8 heteroatoms. The average molecular weight is 487 g/mol. The summed E-state index contributed by atoms with van der Waals surface area (Å²) in [7, 11) is 0. The number of rotatable bonds is 8. The lowest BCUT2D eigenvalue weighted by Crippen LogP contribution is -2.27. The van der Waals surface area contributed by atoms with Crippen molar-refractivity contribution in [2.24, 2.45) is 5.92 Å². The van der Waals surface area contributed by atoms with Crippen LogP contribution in [0.2, 0.25) is 0 Å². The van der Waals surface area contributed by atoms with Crippen molar-refractivity contribution in [1.82, 2.24) is 15.1 Å². The van der Waals surface area contributed by atoms with Crippen LogP contribution in [0.15, 0.2) is 83.8 Å². The normalized spacial score (nSPS) is 10.8. The Morgan fingerprint density at radius 1 is 1.06 bits per heavy atom. The van der Waals surface area contributed by atoms with E-state index in [-0.39, 0.29) is 17.3 Å². The van der Waals surface area contributed by atoms with Crippen molar-refractivity contribution < 1.29 is 13.9 Å². The summed E-state index contributed by atoms with van der Waals surface area (Å²) in [4.78, 5) is 26.1. The zero-order valence-electron chi connectivity index (χ0n) is 20.3. The third-order valence-corrected chi connectivity index (χ3v) is 5.33. The number of amides is 1. The molecule has 0 saturated heterocycles. The molecule has 0 saturated carbocycles. The zero-order valence-corrected chi connectivity index (χ0v) is 20.3. The van der Waals surface area contributed by atoms with E-state index in [1.54, 1.807) is 36.4 Å². The van der Waals surface area contributed by atoms with Crippen molar-refractivity contribution in [3.05, 3.63) is 106 Å². The second-order valence-electron chi connectivity index (χ2n) is 8.80. The Morgan fingerprint density at radius 2 is 1.78 bits per heavy atom. The third-order valence-electron chi connectivity index (χ3n) is 5.33. The van der Waals surface area contributed by atoms with Crippen LogP contribution in [0.5, 0.6) is 11.5 Å². The summed E-state index contributed by atoms with van der Waals surface area (Å²) >= 11 is 0. The third kappa shape index (κ3) is 5.96. The molecule has 0 bridgehead atoms. The number of nitrogens with zero attached hydrogens (tertiary/aromatic N) is 2. The van der Waals surface area contributed by atoms with Gasteiger partial charge in [0, 0.05) is 17.8 Å². The van der Waals surface area contributed by atoms with E-state index >= 15 is 0 Å². The molecule has 2 N–H and O–H groups in total. The molecule has 4 aromatic rings. The Balaban J connectivity index is 1.72. The smallest absolute Gasteiger partial charge is 0.299 e. The minimum absolute atomic E-state index is 0.120. The molecule has 1 aromatic heterocycles. The molecule has 7 nitrogen and oxygen atoms in total. The molecule has 3 aromatic carbocycles. The largest absolute Gasteiger partial charge is 0.453 e. The minimum Gasteiger partial charge on any atom is -0.453 e. The highest BCUT2D eigenvalue weighted by atomic mass is 19.1. The molecule has 0 unspecified atom stereocenters. The summed E-state index contributed by atoms with van der Waals surface area (Å²) in [6.07, 6.45) is 1.42. The molecule has 0 radical (unpaired) electrons. The molecule has 1 heterocycles. The lowest BCUT2D eigenvalue weighted by molar-refractivity contribution is 0.0949. The maximum Gasteiger partial charge on any atom is 0.299 e. The van der Waals surface area contributed by atoms with Gasteiger partial charge in [-0.05, 0) is 67.4 Å². The van der Waals surface area contributed by atoms with Crippen molar-refractivity contribution in [3.63, 3.8) is 0 Å². The maximum atomic E-state index is 13.5. The minimum atomic E-state index is -0.499. The van der Waals surface area contributed by atoms with E-state index in [9.17, 15) is 14.0 Å². The van der Waals surface area contributed by atoms with Crippen LogP contribution < -0.4 is 20.9 Å². The van der Waals surface area contributed by atoms with Gasteiger partial charge in [-0.1, -0.05) is 37.6 Å². The molecule has 36 heavy (non-hydrogen) atoms. The first-order valence-electron chi connectivity index (χ1n) is 11.6. The lowest BCUT2D eigenvalue weighted by atomic mass is 10.1. The lowest BCUT2D eigenvalue weighted by Gasteiger charge is -2.15. The fraction of sp³-hybridized carbons (Fsp3) is 0.179. The summed E-state index contributed by atoms with van der Waals surface area (Å²) in [5.74, 6) is 0.431. The van der Waals surface area contributed by atoms with E-state index in [1.165, 1.54) is 30.5 Å². The number of aromatic nitrogens is 2. The van der Waals surface area contributed by atoms with E-state index in [1.807, 2.05) is 32.9 Å². The van der Waals surface area contributed by atoms with Gasteiger partial charge < -0.3 is 15.4 Å². The number of benzene rings is 3. The van der Waals surface area contributed by atoms with Gasteiger partial charge >= 0.3 is 0 Å². The number of carbonyl (C=O) groups is 1. The van der Waals surface area contributed by atoms with Crippen molar-refractivity contribution in [2.75, 3.05) is 11.9 Å². The van der Waals surface area contributed by atoms with E-state index < -0.39 is 11.4 Å². The molecule has 184 valence electrons. The molecule has 0 fully saturated rings. The number of hydrogen-bond donors (Lipinski definition) is 2. The molecular formula is C28H27FN4O3. The van der Waals surface area contributed by atoms with Crippen LogP contribution in [-0.4, -0.2) is 22.2 Å². The molecule has 0 aliphatic rings. The van der Waals surface area contributed by atoms with E-state index in [4.69, 9.17) is 4.74 Å². The molecular weight excluding hydrogens is 459 g/mol. The second kappa shape index (κ2) is 10.9. The van der Waals surface area contributed by atoms with E-state index in [2.05, 4.69) is 15.7 Å². The molecule has 0 spiro atoms. The Morgan fingerprint density at radius 3 is 2.47 bits per heavy atom. The first kappa shape index (κ1) is 24.7. The molecule has 1 amide bonds. The van der Waals surface area contributed by atoms with Gasteiger partial charge in [0.15, 0.2) is 11.4 Å². The summed E-state index contributed by atoms with van der Waals surface area (Å²) in [6.45, 7) is 6.55. The van der Waals surface area contributed by atoms with Crippen LogP contribution in [0.1, 0.15) is 29.8 Å². The highest BCUT2D eigenvalue weighted by Gasteiger charge is 2.16. The summed E-state index contributed by atoms with van der Waals surface area (Å²) in [5.41, 5.74) is 2.06. The van der Waals surface area contributed by atoms with Gasteiger partial charge in [0.05, 0.1) is 11.9 Å². The first-order chi connectivity index (χ1) is 17.3. The van der Waals surface area contributed by atoms with Crippen LogP contribution in [0.3, 0.4) is 0 Å². The van der Waals surface area contributed by atoms with Crippen molar-refractivity contribution in [2.45, 2.75) is 20.8 Å². The zero-order chi connectivity index (χ0) is 25.7. The fourth-order valence-corrected chi connectivity index (χ4v) is 3.41. The SMILES string of the molecule is Cc1ccc(Oc2cnn(-c3ccc(F)cc3)c(=O)c2Nc2cccc(C(=O)NCC(C)C)c2)cc1. The fourth-order valence-electron chi connectivity index (χ4n) is 3.41. The van der Waals surface area contributed by atoms with E-state index in [0.717, 1.165) is 10.2 Å². The Kier molecular flexibility index (Phi) is 7.44. The van der Waals surface area contributed by atoms with Gasteiger partial charge in [-0.2, -0.15) is 9.78 Å². The number of aryl methyl sites for hydroxylation is 1. The number of nitrogens with one attached hydrogen (secondary N) is 2. The molecule has 0 aliphatic carbocycles. The molecule has 0 aliphatic heterocycles. The van der Waals surface area contributed by atoms with Gasteiger partial charge in [-0.25, -0.2) is 4.39 Å². The number of carbonyl (C=O) groups excluding carboxylic acids is 1. The van der Waals surface area contributed by atoms with Gasteiger partial charge in [0.2, 0.25) is 0 Å². The average Bonchev–Trinajstić information content (AvgIpc) is 2.87. The predicted molar refractivity (Wildman–Crippen MR) is 138 cm³/mol.